The monoisotopic (exact) mass is 483 g/mol. The molecule has 0 heterocycles. The fraction of sp³-hybridized carbons (Fsp3) is 0.200. The van der Waals surface area contributed by atoms with Crippen LogP contribution in [0.15, 0.2) is 88.9 Å². The van der Waals surface area contributed by atoms with Crippen LogP contribution in [0.3, 0.4) is 0 Å². The second-order valence-electron chi connectivity index (χ2n) is 7.67. The van der Waals surface area contributed by atoms with Gasteiger partial charge < -0.3 is 0 Å². The Bertz CT molecular complexity index is 1230. The summed E-state index contributed by atoms with van der Waals surface area (Å²) in [6.07, 6.45) is 1.46. The fourth-order valence-electron chi connectivity index (χ4n) is 3.13. The molecule has 0 aliphatic rings. The van der Waals surface area contributed by atoms with Gasteiger partial charge in [-0.1, -0.05) is 65.7 Å². The molecule has 33 heavy (non-hydrogen) atoms. The van der Waals surface area contributed by atoms with Crippen molar-refractivity contribution in [1.82, 2.24) is 5.43 Å². The van der Waals surface area contributed by atoms with Gasteiger partial charge in [0, 0.05) is 10.7 Å². The number of carbonyl (C=O) groups is 1. The number of hydrogen-bond donors (Lipinski definition) is 1. The van der Waals surface area contributed by atoms with Gasteiger partial charge in [0.15, 0.2) is 0 Å². The lowest BCUT2D eigenvalue weighted by molar-refractivity contribution is -0.119. The van der Waals surface area contributed by atoms with Crippen molar-refractivity contribution in [1.29, 1.82) is 0 Å². The number of anilines is 1. The number of sulfonamides is 1. The standard InChI is InChI=1S/C25H26ClN3O3S/c1-19-11-15-24(16-12-19)33(31,32)29(23-10-6-9-22(26)17-23)18-25(30)28-27-20(2)13-14-21-7-4-3-5-8-21/h3-12,15-17H,13-14,18H2,1-2H3,(H,28,30)/b27-20-. The van der Waals surface area contributed by atoms with E-state index < -0.39 is 22.5 Å². The van der Waals surface area contributed by atoms with Gasteiger partial charge in [-0.15, -0.1) is 0 Å². The SMILES string of the molecule is C/C(CCc1ccccc1)=N/NC(=O)CN(c1cccc(Cl)c1)S(=O)(=O)c1ccc(C)cc1. The molecule has 1 N–H and O–H groups in total. The van der Waals surface area contributed by atoms with Crippen LogP contribution >= 0.6 is 11.6 Å². The number of hydrazone groups is 1. The number of nitrogens with zero attached hydrogens (tertiary/aromatic N) is 2. The average molecular weight is 484 g/mol. The molecule has 6 nitrogen and oxygen atoms in total. The van der Waals surface area contributed by atoms with Crippen molar-refractivity contribution in [2.24, 2.45) is 5.10 Å². The van der Waals surface area contributed by atoms with E-state index in [0.717, 1.165) is 22.0 Å². The first-order valence-electron chi connectivity index (χ1n) is 10.5. The lowest BCUT2D eigenvalue weighted by atomic mass is 10.1. The highest BCUT2D eigenvalue weighted by Crippen LogP contribution is 2.26. The molecule has 1 amide bonds. The molecule has 0 spiro atoms. The molecule has 0 unspecified atom stereocenters. The summed E-state index contributed by atoms with van der Waals surface area (Å²) in [6, 6.07) is 22.8. The zero-order valence-electron chi connectivity index (χ0n) is 18.5. The minimum Gasteiger partial charge on any atom is -0.271 e. The zero-order valence-corrected chi connectivity index (χ0v) is 20.1. The van der Waals surface area contributed by atoms with Crippen molar-refractivity contribution in [2.45, 2.75) is 31.6 Å². The Kier molecular flexibility index (Phi) is 8.25. The summed E-state index contributed by atoms with van der Waals surface area (Å²) in [5.74, 6) is -0.551. The van der Waals surface area contributed by atoms with Crippen LogP contribution in [0.25, 0.3) is 0 Å². The third-order valence-electron chi connectivity index (χ3n) is 4.98. The van der Waals surface area contributed by atoms with E-state index in [1.165, 1.54) is 23.8 Å². The number of amides is 1. The topological polar surface area (TPSA) is 78.8 Å². The number of rotatable bonds is 9. The maximum absolute atomic E-state index is 13.4. The second kappa shape index (κ2) is 11.1. The molecule has 0 radical (unpaired) electrons. The van der Waals surface area contributed by atoms with Crippen molar-refractivity contribution in [2.75, 3.05) is 10.8 Å². The van der Waals surface area contributed by atoms with Crippen molar-refractivity contribution in [3.8, 4) is 0 Å². The number of halogens is 1. The molecule has 0 saturated carbocycles. The van der Waals surface area contributed by atoms with Crippen LogP contribution in [0, 0.1) is 6.92 Å². The molecule has 172 valence electrons. The summed E-state index contributed by atoms with van der Waals surface area (Å²) >= 11 is 6.09. The number of hydrogen-bond acceptors (Lipinski definition) is 4. The van der Waals surface area contributed by atoms with Crippen molar-refractivity contribution < 1.29 is 13.2 Å². The molecular weight excluding hydrogens is 458 g/mol. The lowest BCUT2D eigenvalue weighted by Crippen LogP contribution is -2.39. The quantitative estimate of drug-likeness (QED) is 0.345. The van der Waals surface area contributed by atoms with Crippen molar-refractivity contribution >= 4 is 38.9 Å². The normalized spacial score (nSPS) is 11.8. The van der Waals surface area contributed by atoms with Gasteiger partial charge in [-0.25, -0.2) is 13.8 Å². The number of benzene rings is 3. The Balaban J connectivity index is 1.75. The molecule has 0 aliphatic heterocycles. The number of carbonyl (C=O) groups excluding carboxylic acids is 1. The van der Waals surface area contributed by atoms with Crippen LogP contribution in [0.4, 0.5) is 5.69 Å². The molecule has 0 aromatic heterocycles. The molecule has 0 saturated heterocycles. The summed E-state index contributed by atoms with van der Waals surface area (Å²) in [7, 11) is -4.00. The van der Waals surface area contributed by atoms with E-state index in [9.17, 15) is 13.2 Å². The third kappa shape index (κ3) is 6.91. The molecular formula is C25H26ClN3O3S. The maximum atomic E-state index is 13.4. The third-order valence-corrected chi connectivity index (χ3v) is 7.01. The first kappa shape index (κ1) is 24.5. The van der Waals surface area contributed by atoms with Crippen LogP contribution in [-0.2, 0) is 21.2 Å². The van der Waals surface area contributed by atoms with E-state index in [1.54, 1.807) is 30.3 Å². The summed E-state index contributed by atoms with van der Waals surface area (Å²) in [5.41, 5.74) is 5.62. The predicted octanol–water partition coefficient (Wildman–Crippen LogP) is 4.97. The molecule has 0 atom stereocenters. The van der Waals surface area contributed by atoms with Gasteiger partial charge in [-0.3, -0.25) is 9.10 Å². The van der Waals surface area contributed by atoms with Gasteiger partial charge in [0.05, 0.1) is 10.6 Å². The van der Waals surface area contributed by atoms with Gasteiger partial charge >= 0.3 is 0 Å². The molecule has 3 aromatic rings. The zero-order chi connectivity index (χ0) is 23.8. The molecule has 8 heteroatoms. The van der Waals surface area contributed by atoms with Gasteiger partial charge in [0.1, 0.15) is 6.54 Å². The predicted molar refractivity (Wildman–Crippen MR) is 133 cm³/mol. The summed E-state index contributed by atoms with van der Waals surface area (Å²) in [6.45, 7) is 3.25. The molecule has 0 bridgehead atoms. The van der Waals surface area contributed by atoms with E-state index in [4.69, 9.17) is 11.6 Å². The van der Waals surface area contributed by atoms with Crippen LogP contribution in [0.1, 0.15) is 24.5 Å². The van der Waals surface area contributed by atoms with E-state index >= 15 is 0 Å². The Hall–Kier alpha value is -3.16. The van der Waals surface area contributed by atoms with Crippen molar-refractivity contribution in [3.63, 3.8) is 0 Å². The average Bonchev–Trinajstić information content (AvgIpc) is 2.80. The van der Waals surface area contributed by atoms with Crippen molar-refractivity contribution in [3.05, 3.63) is 95.0 Å². The Morgan fingerprint density at radius 3 is 2.36 bits per heavy atom. The van der Waals surface area contributed by atoms with Gasteiger partial charge in [-0.05, 0) is 62.6 Å². The van der Waals surface area contributed by atoms with E-state index in [1.807, 2.05) is 44.2 Å². The van der Waals surface area contributed by atoms with Crippen LogP contribution in [-0.4, -0.2) is 26.6 Å². The Morgan fingerprint density at radius 2 is 1.70 bits per heavy atom. The molecule has 3 rings (SSSR count). The Labute approximate surface area is 200 Å². The van der Waals surface area contributed by atoms with E-state index in [2.05, 4.69) is 10.5 Å². The highest BCUT2D eigenvalue weighted by Gasteiger charge is 2.27. The molecule has 0 fully saturated rings. The van der Waals surface area contributed by atoms with Crippen LogP contribution in [0.5, 0.6) is 0 Å². The smallest absolute Gasteiger partial charge is 0.264 e. The summed E-state index contributed by atoms with van der Waals surface area (Å²) in [4.78, 5) is 12.8. The minimum atomic E-state index is -4.00. The lowest BCUT2D eigenvalue weighted by Gasteiger charge is -2.24. The molecule has 3 aromatic carbocycles. The highest BCUT2D eigenvalue weighted by molar-refractivity contribution is 7.92. The van der Waals surface area contributed by atoms with Gasteiger partial charge in [-0.2, -0.15) is 5.10 Å². The summed E-state index contributed by atoms with van der Waals surface area (Å²) < 4.78 is 27.7. The Morgan fingerprint density at radius 1 is 1.00 bits per heavy atom. The summed E-state index contributed by atoms with van der Waals surface area (Å²) in [5, 5.41) is 4.51. The largest absolute Gasteiger partial charge is 0.271 e. The van der Waals surface area contributed by atoms with Crippen LogP contribution < -0.4 is 9.73 Å². The van der Waals surface area contributed by atoms with E-state index in [-0.39, 0.29) is 4.90 Å². The maximum Gasteiger partial charge on any atom is 0.264 e. The second-order valence-corrected chi connectivity index (χ2v) is 9.97. The number of nitrogens with one attached hydrogen (secondary N) is 1. The van der Waals surface area contributed by atoms with Gasteiger partial charge in [0.25, 0.3) is 15.9 Å². The van der Waals surface area contributed by atoms with Crippen LogP contribution in [0.2, 0.25) is 5.02 Å². The molecule has 0 aliphatic carbocycles. The highest BCUT2D eigenvalue weighted by atomic mass is 35.5. The van der Waals surface area contributed by atoms with Gasteiger partial charge in [0.2, 0.25) is 0 Å². The number of aryl methyl sites for hydroxylation is 2. The first-order chi connectivity index (χ1) is 15.8. The minimum absolute atomic E-state index is 0.0865. The van der Waals surface area contributed by atoms with E-state index in [0.29, 0.717) is 17.1 Å². The fourth-order valence-corrected chi connectivity index (χ4v) is 4.73. The first-order valence-corrected chi connectivity index (χ1v) is 12.3.